The summed E-state index contributed by atoms with van der Waals surface area (Å²) in [5.41, 5.74) is 6.98. The van der Waals surface area contributed by atoms with Crippen LogP contribution in [-0.4, -0.2) is 28.1 Å². The highest BCUT2D eigenvalue weighted by Crippen LogP contribution is 2.36. The largest absolute Gasteiger partial charge is 0.355 e. The molecule has 2 heterocycles. The minimum absolute atomic E-state index is 0.183. The van der Waals surface area contributed by atoms with Crippen molar-refractivity contribution in [3.05, 3.63) is 41.3 Å². The molecular weight excluding hydrogens is 282 g/mol. The van der Waals surface area contributed by atoms with Crippen molar-refractivity contribution in [3.8, 4) is 0 Å². The number of aromatic nitrogens is 3. The standard InChI is InChI=1S/C15H17N5O2/c1-17-13(21)11-7-10(8-18-9-11)3-4-12-19-14(20-22-12)15(16)5-2-6-15/h3-4,7-9H,2,5-6,16H2,1H3,(H,17,21)/b4-3+. The molecule has 22 heavy (non-hydrogen) atoms. The second-order valence-electron chi connectivity index (χ2n) is 5.39. The van der Waals surface area contributed by atoms with E-state index in [-0.39, 0.29) is 5.91 Å². The molecule has 2 aromatic rings. The second kappa shape index (κ2) is 5.69. The van der Waals surface area contributed by atoms with Crippen LogP contribution >= 0.6 is 0 Å². The Morgan fingerprint density at radius 2 is 2.23 bits per heavy atom. The van der Waals surface area contributed by atoms with Gasteiger partial charge in [0, 0.05) is 25.5 Å². The molecule has 3 N–H and O–H groups in total. The van der Waals surface area contributed by atoms with Crippen LogP contribution in [0.3, 0.4) is 0 Å². The first-order valence-electron chi connectivity index (χ1n) is 7.09. The summed E-state index contributed by atoms with van der Waals surface area (Å²) >= 11 is 0. The van der Waals surface area contributed by atoms with E-state index in [1.54, 1.807) is 31.5 Å². The van der Waals surface area contributed by atoms with Gasteiger partial charge >= 0.3 is 0 Å². The number of nitrogens with one attached hydrogen (secondary N) is 1. The molecule has 1 amide bonds. The summed E-state index contributed by atoms with van der Waals surface area (Å²) < 4.78 is 5.18. The molecule has 7 heteroatoms. The lowest BCUT2D eigenvalue weighted by Crippen LogP contribution is -2.44. The number of hydrogen-bond acceptors (Lipinski definition) is 6. The third kappa shape index (κ3) is 2.75. The molecular formula is C15H17N5O2. The molecule has 0 aromatic carbocycles. The van der Waals surface area contributed by atoms with Gasteiger partial charge in [-0.2, -0.15) is 4.98 Å². The zero-order valence-corrected chi connectivity index (χ0v) is 12.2. The number of rotatable bonds is 4. The molecule has 0 bridgehead atoms. The summed E-state index contributed by atoms with van der Waals surface area (Å²) in [6.45, 7) is 0. The Balaban J connectivity index is 1.75. The van der Waals surface area contributed by atoms with Gasteiger partial charge in [0.2, 0.25) is 0 Å². The van der Waals surface area contributed by atoms with E-state index in [9.17, 15) is 4.79 Å². The fourth-order valence-corrected chi connectivity index (χ4v) is 2.27. The highest BCUT2D eigenvalue weighted by atomic mass is 16.5. The number of nitrogens with two attached hydrogens (primary N) is 1. The van der Waals surface area contributed by atoms with Gasteiger partial charge in [-0.15, -0.1) is 0 Å². The highest BCUT2D eigenvalue weighted by molar-refractivity contribution is 5.94. The first-order valence-corrected chi connectivity index (χ1v) is 7.09. The van der Waals surface area contributed by atoms with Crippen LogP contribution in [-0.2, 0) is 5.54 Å². The van der Waals surface area contributed by atoms with Crippen LogP contribution in [0.25, 0.3) is 12.2 Å². The molecule has 0 radical (unpaired) electrons. The fourth-order valence-electron chi connectivity index (χ4n) is 2.27. The number of amides is 1. The van der Waals surface area contributed by atoms with E-state index in [2.05, 4.69) is 20.4 Å². The molecule has 1 fully saturated rings. The van der Waals surface area contributed by atoms with Crippen molar-refractivity contribution in [1.82, 2.24) is 20.4 Å². The molecule has 7 nitrogen and oxygen atoms in total. The van der Waals surface area contributed by atoms with Gasteiger partial charge in [-0.1, -0.05) is 5.16 Å². The predicted molar refractivity (Wildman–Crippen MR) is 80.6 cm³/mol. The second-order valence-corrected chi connectivity index (χ2v) is 5.39. The Hall–Kier alpha value is -2.54. The number of carbonyl (C=O) groups excluding carboxylic acids is 1. The number of nitrogens with zero attached hydrogens (tertiary/aromatic N) is 3. The molecule has 2 aromatic heterocycles. The van der Waals surface area contributed by atoms with Crippen molar-refractivity contribution in [2.24, 2.45) is 5.73 Å². The third-order valence-electron chi connectivity index (χ3n) is 3.80. The summed E-state index contributed by atoms with van der Waals surface area (Å²) in [5, 5.41) is 6.50. The number of carbonyl (C=O) groups is 1. The van der Waals surface area contributed by atoms with Gasteiger partial charge in [0.25, 0.3) is 11.8 Å². The zero-order chi connectivity index (χ0) is 15.6. The van der Waals surface area contributed by atoms with Crippen LogP contribution in [0.5, 0.6) is 0 Å². The maximum atomic E-state index is 11.6. The van der Waals surface area contributed by atoms with E-state index in [4.69, 9.17) is 10.3 Å². The molecule has 0 saturated heterocycles. The molecule has 114 valence electrons. The Labute approximate surface area is 127 Å². The van der Waals surface area contributed by atoms with Crippen LogP contribution in [0.4, 0.5) is 0 Å². The lowest BCUT2D eigenvalue weighted by Gasteiger charge is -2.34. The Bertz CT molecular complexity index is 718. The van der Waals surface area contributed by atoms with Crippen molar-refractivity contribution < 1.29 is 9.32 Å². The summed E-state index contributed by atoms with van der Waals surface area (Å²) in [5.74, 6) is 0.755. The highest BCUT2D eigenvalue weighted by Gasteiger charge is 2.38. The SMILES string of the molecule is CNC(=O)c1cncc(/C=C/c2nc(C3(N)CCC3)no2)c1. The first kappa shape index (κ1) is 14.4. The van der Waals surface area contributed by atoms with E-state index in [0.29, 0.717) is 17.3 Å². The summed E-state index contributed by atoms with van der Waals surface area (Å²) in [6.07, 6.45) is 9.46. The molecule has 3 rings (SSSR count). The van der Waals surface area contributed by atoms with Gasteiger partial charge in [0.05, 0.1) is 11.1 Å². The lowest BCUT2D eigenvalue weighted by molar-refractivity contribution is 0.0962. The molecule has 1 saturated carbocycles. The van der Waals surface area contributed by atoms with E-state index in [1.807, 2.05) is 0 Å². The van der Waals surface area contributed by atoms with Crippen LogP contribution in [0, 0.1) is 0 Å². The lowest BCUT2D eigenvalue weighted by atomic mass is 9.77. The molecule has 0 spiro atoms. The summed E-state index contributed by atoms with van der Waals surface area (Å²) in [4.78, 5) is 19.9. The summed E-state index contributed by atoms with van der Waals surface area (Å²) in [6, 6.07) is 1.73. The van der Waals surface area contributed by atoms with Crippen molar-refractivity contribution in [3.63, 3.8) is 0 Å². The Kier molecular flexibility index (Phi) is 3.72. The van der Waals surface area contributed by atoms with Gasteiger partial charge in [0.1, 0.15) is 0 Å². The van der Waals surface area contributed by atoms with E-state index >= 15 is 0 Å². The smallest absolute Gasteiger partial charge is 0.252 e. The normalized spacial score (nSPS) is 16.5. The van der Waals surface area contributed by atoms with Gasteiger partial charge in [-0.05, 0) is 37.0 Å². The Morgan fingerprint density at radius 1 is 1.41 bits per heavy atom. The van der Waals surface area contributed by atoms with Crippen LogP contribution < -0.4 is 11.1 Å². The molecule has 0 unspecified atom stereocenters. The van der Waals surface area contributed by atoms with Crippen molar-refractivity contribution in [1.29, 1.82) is 0 Å². The number of pyridine rings is 1. The molecule has 0 aliphatic heterocycles. The fraction of sp³-hybridized carbons (Fsp3) is 0.333. The molecule has 1 aliphatic rings. The predicted octanol–water partition coefficient (Wildman–Crippen LogP) is 1.33. The number of hydrogen-bond donors (Lipinski definition) is 2. The van der Waals surface area contributed by atoms with E-state index < -0.39 is 5.54 Å². The summed E-state index contributed by atoms with van der Waals surface area (Å²) in [7, 11) is 1.58. The van der Waals surface area contributed by atoms with Crippen molar-refractivity contribution in [2.45, 2.75) is 24.8 Å². The van der Waals surface area contributed by atoms with Crippen molar-refractivity contribution in [2.75, 3.05) is 7.05 Å². The minimum atomic E-state index is -0.434. The maximum Gasteiger partial charge on any atom is 0.252 e. The van der Waals surface area contributed by atoms with Crippen LogP contribution in [0.2, 0.25) is 0 Å². The van der Waals surface area contributed by atoms with Crippen molar-refractivity contribution >= 4 is 18.1 Å². The monoisotopic (exact) mass is 299 g/mol. The van der Waals surface area contributed by atoms with E-state index in [0.717, 1.165) is 24.8 Å². The van der Waals surface area contributed by atoms with Gasteiger partial charge < -0.3 is 15.6 Å². The zero-order valence-electron chi connectivity index (χ0n) is 12.2. The van der Waals surface area contributed by atoms with Crippen LogP contribution in [0.15, 0.2) is 23.0 Å². The third-order valence-corrected chi connectivity index (χ3v) is 3.80. The van der Waals surface area contributed by atoms with Gasteiger partial charge in [0.15, 0.2) is 5.82 Å². The average Bonchev–Trinajstić information content (AvgIpc) is 2.99. The topological polar surface area (TPSA) is 107 Å². The first-order chi connectivity index (χ1) is 10.6. The minimum Gasteiger partial charge on any atom is -0.355 e. The average molecular weight is 299 g/mol. The Morgan fingerprint density at radius 3 is 2.91 bits per heavy atom. The van der Waals surface area contributed by atoms with Crippen LogP contribution in [0.1, 0.15) is 46.9 Å². The quantitative estimate of drug-likeness (QED) is 0.882. The van der Waals surface area contributed by atoms with Gasteiger partial charge in [-0.25, -0.2) is 0 Å². The maximum absolute atomic E-state index is 11.6. The molecule has 0 atom stereocenters. The van der Waals surface area contributed by atoms with E-state index in [1.165, 1.54) is 6.20 Å². The molecule has 1 aliphatic carbocycles. The van der Waals surface area contributed by atoms with Gasteiger partial charge in [-0.3, -0.25) is 9.78 Å².